The Morgan fingerprint density at radius 2 is 2.05 bits per heavy atom. The minimum Gasteiger partial charge on any atom is -0.462 e. The summed E-state index contributed by atoms with van der Waals surface area (Å²) < 4.78 is 4.92. The number of ether oxygens (including phenoxy) is 1. The zero-order valence-electron chi connectivity index (χ0n) is 12.7. The zero-order chi connectivity index (χ0) is 16.1. The lowest BCUT2D eigenvalue weighted by atomic mass is 10.2. The highest BCUT2D eigenvalue weighted by Crippen LogP contribution is 2.17. The number of amides is 2. The molecule has 1 aromatic carbocycles. The Labute approximate surface area is 128 Å². The highest BCUT2D eigenvalue weighted by molar-refractivity contribution is 6.01. The number of benzene rings is 1. The van der Waals surface area contributed by atoms with Crippen molar-refractivity contribution < 1.29 is 14.3 Å². The van der Waals surface area contributed by atoms with Crippen LogP contribution < -0.4 is 10.6 Å². The van der Waals surface area contributed by atoms with Crippen LogP contribution in [-0.2, 0) is 4.74 Å². The van der Waals surface area contributed by atoms with E-state index < -0.39 is 12.0 Å². The number of urea groups is 1. The number of H-pyrrole nitrogens is 1. The molecule has 0 aliphatic rings. The van der Waals surface area contributed by atoms with Gasteiger partial charge >= 0.3 is 12.0 Å². The first kappa shape index (κ1) is 15.6. The van der Waals surface area contributed by atoms with Gasteiger partial charge in [-0.2, -0.15) is 5.10 Å². The van der Waals surface area contributed by atoms with Crippen LogP contribution in [0.3, 0.4) is 0 Å². The molecule has 1 aromatic heterocycles. The summed E-state index contributed by atoms with van der Waals surface area (Å²) in [6, 6.07) is 6.15. The number of hydrogen-bond acceptors (Lipinski definition) is 4. The van der Waals surface area contributed by atoms with Crippen LogP contribution in [0.25, 0.3) is 0 Å². The number of hydrogen-bond donors (Lipinski definition) is 3. The zero-order valence-corrected chi connectivity index (χ0v) is 12.7. The largest absolute Gasteiger partial charge is 0.462 e. The third kappa shape index (κ3) is 3.63. The van der Waals surface area contributed by atoms with Crippen LogP contribution in [0, 0.1) is 13.8 Å². The molecule has 0 saturated carbocycles. The van der Waals surface area contributed by atoms with E-state index in [1.807, 2.05) is 6.92 Å². The van der Waals surface area contributed by atoms with Crippen molar-refractivity contribution in [3.05, 3.63) is 41.2 Å². The lowest BCUT2D eigenvalue weighted by Gasteiger charge is -2.09. The van der Waals surface area contributed by atoms with Gasteiger partial charge in [-0.05, 0) is 39.0 Å². The molecule has 7 nitrogen and oxygen atoms in total. The van der Waals surface area contributed by atoms with E-state index in [9.17, 15) is 9.59 Å². The predicted octanol–water partition coefficient (Wildman–Crippen LogP) is 2.85. The Bertz CT molecular complexity index is 674. The number of carbonyl (C=O) groups excluding carboxylic acids is 2. The first-order valence-electron chi connectivity index (χ1n) is 6.88. The number of anilines is 2. The SMILES string of the molecule is CCOC(=O)c1cccc(NC(=O)Nc2c(C)n[nH]c2C)c1. The minimum atomic E-state index is -0.423. The van der Waals surface area contributed by atoms with E-state index >= 15 is 0 Å². The predicted molar refractivity (Wildman–Crippen MR) is 83.1 cm³/mol. The molecule has 0 atom stereocenters. The van der Waals surface area contributed by atoms with Crippen LogP contribution in [0.4, 0.5) is 16.2 Å². The quantitative estimate of drug-likeness (QED) is 0.757. The third-order valence-electron chi connectivity index (χ3n) is 3.00. The van der Waals surface area contributed by atoms with E-state index in [-0.39, 0.29) is 0 Å². The fourth-order valence-electron chi connectivity index (χ4n) is 1.95. The molecular weight excluding hydrogens is 284 g/mol. The minimum absolute atomic E-state index is 0.302. The lowest BCUT2D eigenvalue weighted by molar-refractivity contribution is 0.0526. The molecule has 0 aliphatic heterocycles. The van der Waals surface area contributed by atoms with Crippen molar-refractivity contribution >= 4 is 23.4 Å². The second kappa shape index (κ2) is 6.75. The number of aromatic nitrogens is 2. The summed E-state index contributed by atoms with van der Waals surface area (Å²) in [5.74, 6) is -0.423. The van der Waals surface area contributed by atoms with E-state index in [0.717, 1.165) is 5.69 Å². The monoisotopic (exact) mass is 302 g/mol. The molecule has 22 heavy (non-hydrogen) atoms. The first-order chi connectivity index (χ1) is 10.5. The van der Waals surface area contributed by atoms with Crippen molar-refractivity contribution in [2.75, 3.05) is 17.2 Å². The molecule has 2 aromatic rings. The van der Waals surface area contributed by atoms with Gasteiger partial charge < -0.3 is 15.4 Å². The molecule has 0 radical (unpaired) electrons. The van der Waals surface area contributed by atoms with Gasteiger partial charge in [-0.3, -0.25) is 5.10 Å². The number of nitrogens with zero attached hydrogens (tertiary/aromatic N) is 1. The maximum atomic E-state index is 12.0. The number of aryl methyl sites for hydroxylation is 2. The summed E-state index contributed by atoms with van der Waals surface area (Å²) in [4.78, 5) is 23.7. The van der Waals surface area contributed by atoms with Crippen molar-refractivity contribution in [3.63, 3.8) is 0 Å². The number of rotatable bonds is 4. The Morgan fingerprint density at radius 1 is 1.27 bits per heavy atom. The molecule has 2 amide bonds. The molecule has 116 valence electrons. The smallest absolute Gasteiger partial charge is 0.338 e. The molecule has 0 unspecified atom stereocenters. The Hall–Kier alpha value is -2.83. The summed E-state index contributed by atoms with van der Waals surface area (Å²) in [6.45, 7) is 5.65. The number of aromatic amines is 1. The van der Waals surface area contributed by atoms with E-state index in [1.165, 1.54) is 0 Å². The fourth-order valence-corrected chi connectivity index (χ4v) is 1.95. The Kier molecular flexibility index (Phi) is 4.77. The van der Waals surface area contributed by atoms with Crippen LogP contribution >= 0.6 is 0 Å². The summed E-state index contributed by atoms with van der Waals surface area (Å²) in [7, 11) is 0. The molecule has 0 fully saturated rings. The second-order valence-electron chi connectivity index (χ2n) is 4.69. The molecule has 0 spiro atoms. The van der Waals surface area contributed by atoms with Crippen LogP contribution in [0.2, 0.25) is 0 Å². The summed E-state index contributed by atoms with van der Waals surface area (Å²) >= 11 is 0. The van der Waals surface area contributed by atoms with Crippen LogP contribution in [0.1, 0.15) is 28.7 Å². The van der Waals surface area contributed by atoms with Crippen LogP contribution in [0.15, 0.2) is 24.3 Å². The summed E-state index contributed by atoms with van der Waals surface area (Å²) in [5, 5.41) is 12.2. The number of carbonyl (C=O) groups is 2. The van der Waals surface area contributed by atoms with Gasteiger partial charge in [0.05, 0.1) is 29.2 Å². The molecule has 7 heteroatoms. The highest BCUT2D eigenvalue weighted by atomic mass is 16.5. The third-order valence-corrected chi connectivity index (χ3v) is 3.00. The van der Waals surface area contributed by atoms with Crippen molar-refractivity contribution in [3.8, 4) is 0 Å². The molecule has 0 aliphatic carbocycles. The topological polar surface area (TPSA) is 96.1 Å². The van der Waals surface area contributed by atoms with Gasteiger partial charge in [0.1, 0.15) is 0 Å². The molecule has 1 heterocycles. The van der Waals surface area contributed by atoms with Crippen molar-refractivity contribution in [2.45, 2.75) is 20.8 Å². The number of nitrogens with one attached hydrogen (secondary N) is 3. The average molecular weight is 302 g/mol. The van der Waals surface area contributed by atoms with Gasteiger partial charge in [0.2, 0.25) is 0 Å². The number of esters is 1. The maximum Gasteiger partial charge on any atom is 0.338 e. The molecule has 0 saturated heterocycles. The second-order valence-corrected chi connectivity index (χ2v) is 4.69. The van der Waals surface area contributed by atoms with Gasteiger partial charge in [-0.15, -0.1) is 0 Å². The summed E-state index contributed by atoms with van der Waals surface area (Å²) in [6.07, 6.45) is 0. The van der Waals surface area contributed by atoms with Crippen molar-refractivity contribution in [1.29, 1.82) is 0 Å². The highest BCUT2D eigenvalue weighted by Gasteiger charge is 2.11. The van der Waals surface area contributed by atoms with Gasteiger partial charge in [-0.25, -0.2) is 9.59 Å². The van der Waals surface area contributed by atoms with Crippen molar-refractivity contribution in [2.24, 2.45) is 0 Å². The van der Waals surface area contributed by atoms with Gasteiger partial charge in [0, 0.05) is 5.69 Å². The Balaban J connectivity index is 2.06. The molecular formula is C15H18N4O3. The van der Waals surface area contributed by atoms with Gasteiger partial charge in [0.25, 0.3) is 0 Å². The van der Waals surface area contributed by atoms with E-state index in [0.29, 0.717) is 29.2 Å². The normalized spacial score (nSPS) is 10.1. The van der Waals surface area contributed by atoms with Crippen LogP contribution in [-0.4, -0.2) is 28.8 Å². The standard InChI is InChI=1S/C15H18N4O3/c1-4-22-14(20)11-6-5-7-12(8-11)16-15(21)17-13-9(2)18-19-10(13)3/h5-8H,4H2,1-3H3,(H,18,19)(H2,16,17,21). The maximum absolute atomic E-state index is 12.0. The Morgan fingerprint density at radius 3 is 2.68 bits per heavy atom. The van der Waals surface area contributed by atoms with E-state index in [4.69, 9.17) is 4.74 Å². The fraction of sp³-hybridized carbons (Fsp3) is 0.267. The summed E-state index contributed by atoms with van der Waals surface area (Å²) in [5.41, 5.74) is 3.00. The van der Waals surface area contributed by atoms with Crippen molar-refractivity contribution in [1.82, 2.24) is 10.2 Å². The molecule has 2 rings (SSSR count). The molecule has 3 N–H and O–H groups in total. The van der Waals surface area contributed by atoms with Gasteiger partial charge in [0.15, 0.2) is 0 Å². The van der Waals surface area contributed by atoms with Gasteiger partial charge in [-0.1, -0.05) is 6.07 Å². The van der Waals surface area contributed by atoms with E-state index in [2.05, 4.69) is 20.8 Å². The average Bonchev–Trinajstić information content (AvgIpc) is 2.79. The van der Waals surface area contributed by atoms with E-state index in [1.54, 1.807) is 38.1 Å². The lowest BCUT2D eigenvalue weighted by Crippen LogP contribution is -2.20. The first-order valence-corrected chi connectivity index (χ1v) is 6.88. The van der Waals surface area contributed by atoms with Crippen LogP contribution in [0.5, 0.6) is 0 Å². The molecule has 0 bridgehead atoms.